The van der Waals surface area contributed by atoms with Crippen molar-refractivity contribution in [2.45, 2.75) is 37.8 Å². The van der Waals surface area contributed by atoms with Crippen LogP contribution in [0.3, 0.4) is 0 Å². The molecule has 5 nitrogen and oxygen atoms in total. The van der Waals surface area contributed by atoms with Gasteiger partial charge in [-0.05, 0) is 31.7 Å². The van der Waals surface area contributed by atoms with E-state index in [0.29, 0.717) is 17.7 Å². The number of anilines is 1. The third-order valence-electron chi connectivity index (χ3n) is 3.09. The standard InChI is InChI=1S/C12H17N3O2/c13-12(17)10-7-14-5-4-11(10)15-8-2-1-3-9(16)6-8/h4-5,7-9,16H,1-3,6H2,(H2,13,17)(H,14,15)/t8-,9+/m0/s1. The Morgan fingerprint density at radius 2 is 2.35 bits per heavy atom. The first-order valence-corrected chi connectivity index (χ1v) is 5.85. The number of hydrogen-bond acceptors (Lipinski definition) is 4. The summed E-state index contributed by atoms with van der Waals surface area (Å²) >= 11 is 0. The number of carbonyl (C=O) groups excluding carboxylic acids is 1. The van der Waals surface area contributed by atoms with Gasteiger partial charge in [-0.2, -0.15) is 0 Å². The molecule has 0 unspecified atom stereocenters. The highest BCUT2D eigenvalue weighted by molar-refractivity contribution is 5.98. The molecule has 0 saturated heterocycles. The highest BCUT2D eigenvalue weighted by atomic mass is 16.3. The van der Waals surface area contributed by atoms with Crippen LogP contribution in [0.15, 0.2) is 18.5 Å². The average molecular weight is 235 g/mol. The molecular formula is C12H17N3O2. The van der Waals surface area contributed by atoms with E-state index in [2.05, 4.69) is 10.3 Å². The summed E-state index contributed by atoms with van der Waals surface area (Å²) in [6, 6.07) is 1.93. The van der Waals surface area contributed by atoms with E-state index >= 15 is 0 Å². The number of amides is 1. The molecule has 1 aliphatic rings. The van der Waals surface area contributed by atoms with Gasteiger partial charge in [0.25, 0.3) is 5.91 Å². The van der Waals surface area contributed by atoms with Crippen LogP contribution < -0.4 is 11.1 Å². The molecule has 5 heteroatoms. The van der Waals surface area contributed by atoms with Gasteiger partial charge in [-0.15, -0.1) is 0 Å². The number of aliphatic hydroxyl groups excluding tert-OH is 1. The molecule has 0 aromatic carbocycles. The highest BCUT2D eigenvalue weighted by Crippen LogP contribution is 2.23. The van der Waals surface area contributed by atoms with Crippen LogP contribution >= 0.6 is 0 Å². The third kappa shape index (κ3) is 2.94. The predicted octanol–water partition coefficient (Wildman–Crippen LogP) is 0.896. The molecule has 0 aliphatic heterocycles. The average Bonchev–Trinajstić information content (AvgIpc) is 2.29. The van der Waals surface area contributed by atoms with E-state index in [1.165, 1.54) is 6.20 Å². The lowest BCUT2D eigenvalue weighted by Crippen LogP contribution is -2.30. The Balaban J connectivity index is 2.10. The summed E-state index contributed by atoms with van der Waals surface area (Å²) in [7, 11) is 0. The maximum atomic E-state index is 11.2. The lowest BCUT2D eigenvalue weighted by molar-refractivity contribution is 0.100. The van der Waals surface area contributed by atoms with Crippen LogP contribution in [0.1, 0.15) is 36.0 Å². The number of hydrogen-bond donors (Lipinski definition) is 3. The smallest absolute Gasteiger partial charge is 0.252 e. The van der Waals surface area contributed by atoms with Crippen LogP contribution in [0, 0.1) is 0 Å². The second-order valence-corrected chi connectivity index (χ2v) is 4.45. The molecular weight excluding hydrogens is 218 g/mol. The van der Waals surface area contributed by atoms with Crippen LogP contribution in [-0.4, -0.2) is 28.1 Å². The molecule has 2 rings (SSSR count). The second kappa shape index (κ2) is 5.14. The molecule has 1 amide bonds. The van der Waals surface area contributed by atoms with Gasteiger partial charge in [-0.1, -0.05) is 0 Å². The zero-order valence-corrected chi connectivity index (χ0v) is 9.60. The molecule has 0 spiro atoms. The van der Waals surface area contributed by atoms with Crippen LogP contribution in [0.5, 0.6) is 0 Å². The molecule has 1 aromatic rings. The van der Waals surface area contributed by atoms with E-state index in [-0.39, 0.29) is 12.1 Å². The number of nitrogens with one attached hydrogen (secondary N) is 1. The Kier molecular flexibility index (Phi) is 3.58. The van der Waals surface area contributed by atoms with Crippen molar-refractivity contribution in [3.05, 3.63) is 24.0 Å². The third-order valence-corrected chi connectivity index (χ3v) is 3.09. The van der Waals surface area contributed by atoms with Gasteiger partial charge < -0.3 is 16.2 Å². The number of nitrogens with zero attached hydrogens (tertiary/aromatic N) is 1. The molecule has 1 heterocycles. The van der Waals surface area contributed by atoms with E-state index in [9.17, 15) is 9.90 Å². The first-order chi connectivity index (χ1) is 8.16. The van der Waals surface area contributed by atoms with Crippen molar-refractivity contribution in [1.29, 1.82) is 0 Å². The summed E-state index contributed by atoms with van der Waals surface area (Å²) in [6.45, 7) is 0. The summed E-state index contributed by atoms with van der Waals surface area (Å²) in [4.78, 5) is 15.1. The lowest BCUT2D eigenvalue weighted by atomic mass is 9.92. The van der Waals surface area contributed by atoms with E-state index in [1.54, 1.807) is 12.3 Å². The zero-order valence-electron chi connectivity index (χ0n) is 9.60. The van der Waals surface area contributed by atoms with Crippen molar-refractivity contribution < 1.29 is 9.90 Å². The van der Waals surface area contributed by atoms with Gasteiger partial charge in [-0.25, -0.2) is 0 Å². The number of pyridine rings is 1. The molecule has 17 heavy (non-hydrogen) atoms. The Morgan fingerprint density at radius 3 is 3.06 bits per heavy atom. The summed E-state index contributed by atoms with van der Waals surface area (Å²) in [5.74, 6) is -0.489. The summed E-state index contributed by atoms with van der Waals surface area (Å²) < 4.78 is 0. The van der Waals surface area contributed by atoms with Crippen molar-refractivity contribution in [1.82, 2.24) is 4.98 Å². The summed E-state index contributed by atoms with van der Waals surface area (Å²) in [5.41, 5.74) is 6.38. The molecule has 2 atom stereocenters. The molecule has 4 N–H and O–H groups in total. The van der Waals surface area contributed by atoms with E-state index in [0.717, 1.165) is 19.3 Å². The molecule has 1 aromatic heterocycles. The van der Waals surface area contributed by atoms with Crippen LogP contribution in [0.2, 0.25) is 0 Å². The predicted molar refractivity (Wildman–Crippen MR) is 64.6 cm³/mol. The lowest BCUT2D eigenvalue weighted by Gasteiger charge is -2.27. The number of aliphatic hydroxyl groups is 1. The molecule has 1 saturated carbocycles. The quantitative estimate of drug-likeness (QED) is 0.726. The van der Waals surface area contributed by atoms with E-state index < -0.39 is 5.91 Å². The first-order valence-electron chi connectivity index (χ1n) is 5.85. The number of aromatic nitrogens is 1. The van der Waals surface area contributed by atoms with E-state index in [1.807, 2.05) is 0 Å². The van der Waals surface area contributed by atoms with Crippen molar-refractivity contribution in [3.8, 4) is 0 Å². The van der Waals surface area contributed by atoms with Crippen LogP contribution in [0.25, 0.3) is 0 Å². The minimum Gasteiger partial charge on any atom is -0.393 e. The second-order valence-electron chi connectivity index (χ2n) is 4.45. The Morgan fingerprint density at radius 1 is 1.53 bits per heavy atom. The number of primary amides is 1. The van der Waals surface area contributed by atoms with E-state index in [4.69, 9.17) is 5.73 Å². The topological polar surface area (TPSA) is 88.2 Å². The summed E-state index contributed by atoms with van der Waals surface area (Å²) in [5, 5.41) is 12.9. The maximum Gasteiger partial charge on any atom is 0.252 e. The number of rotatable bonds is 3. The van der Waals surface area contributed by atoms with Gasteiger partial charge in [0.1, 0.15) is 0 Å². The van der Waals surface area contributed by atoms with Crippen molar-refractivity contribution >= 4 is 11.6 Å². The van der Waals surface area contributed by atoms with Crippen LogP contribution in [0.4, 0.5) is 5.69 Å². The van der Waals surface area contributed by atoms with Gasteiger partial charge in [0.15, 0.2) is 0 Å². The fraction of sp³-hybridized carbons (Fsp3) is 0.500. The van der Waals surface area contributed by atoms with Gasteiger partial charge in [0.05, 0.1) is 17.4 Å². The SMILES string of the molecule is NC(=O)c1cnccc1N[C@H]1CCC[C@@H](O)C1. The van der Waals surface area contributed by atoms with Gasteiger partial charge >= 0.3 is 0 Å². The Hall–Kier alpha value is -1.62. The Bertz CT molecular complexity index is 408. The molecule has 1 aliphatic carbocycles. The van der Waals surface area contributed by atoms with Crippen molar-refractivity contribution in [2.75, 3.05) is 5.32 Å². The Labute approximate surface area is 100 Å². The highest BCUT2D eigenvalue weighted by Gasteiger charge is 2.21. The van der Waals surface area contributed by atoms with Gasteiger partial charge in [0, 0.05) is 18.4 Å². The van der Waals surface area contributed by atoms with Crippen LogP contribution in [-0.2, 0) is 0 Å². The van der Waals surface area contributed by atoms with Crippen molar-refractivity contribution in [3.63, 3.8) is 0 Å². The fourth-order valence-corrected chi connectivity index (χ4v) is 2.23. The molecule has 0 radical (unpaired) electrons. The maximum absolute atomic E-state index is 11.2. The molecule has 0 bridgehead atoms. The minimum atomic E-state index is -0.489. The zero-order chi connectivity index (χ0) is 12.3. The first kappa shape index (κ1) is 11.9. The normalized spacial score (nSPS) is 24.3. The fourth-order valence-electron chi connectivity index (χ4n) is 2.23. The molecule has 92 valence electrons. The number of carbonyl (C=O) groups is 1. The summed E-state index contributed by atoms with van der Waals surface area (Å²) in [6.07, 6.45) is 6.39. The largest absolute Gasteiger partial charge is 0.393 e. The molecule has 1 fully saturated rings. The minimum absolute atomic E-state index is 0.194. The van der Waals surface area contributed by atoms with Gasteiger partial charge in [0.2, 0.25) is 0 Å². The monoisotopic (exact) mass is 235 g/mol. The van der Waals surface area contributed by atoms with Gasteiger partial charge in [-0.3, -0.25) is 9.78 Å². The van der Waals surface area contributed by atoms with Crippen molar-refractivity contribution in [2.24, 2.45) is 5.73 Å². The number of nitrogens with two attached hydrogens (primary N) is 1.